The number of carboxylic acid groups (broad SMARTS) is 1. The largest absolute Gasteiger partial charge is 0.493 e. The number of hydrogen-bond donors (Lipinski definition) is 1. The third-order valence-corrected chi connectivity index (χ3v) is 3.44. The first kappa shape index (κ1) is 9.63. The van der Waals surface area contributed by atoms with Crippen molar-refractivity contribution in [2.75, 3.05) is 6.61 Å². The van der Waals surface area contributed by atoms with Gasteiger partial charge >= 0.3 is 5.97 Å². The van der Waals surface area contributed by atoms with Gasteiger partial charge < -0.3 is 9.84 Å². The first-order valence-corrected chi connectivity index (χ1v) is 5.33. The zero-order chi connectivity index (χ0) is 11.3. The molecule has 1 aromatic carbocycles. The van der Waals surface area contributed by atoms with Crippen LogP contribution in [0.2, 0.25) is 0 Å². The molecule has 0 atom stereocenters. The number of carboxylic acids is 1. The maximum atomic E-state index is 13.8. The van der Waals surface area contributed by atoms with E-state index in [1.807, 2.05) is 0 Å². The summed E-state index contributed by atoms with van der Waals surface area (Å²) in [6.07, 6.45) is 1.73. The quantitative estimate of drug-likeness (QED) is 0.831. The molecule has 1 aromatic rings. The monoisotopic (exact) mass is 222 g/mol. The van der Waals surface area contributed by atoms with Crippen LogP contribution in [0, 0.1) is 5.82 Å². The summed E-state index contributed by atoms with van der Waals surface area (Å²) >= 11 is 0. The van der Waals surface area contributed by atoms with E-state index in [1.165, 1.54) is 6.07 Å². The van der Waals surface area contributed by atoms with Crippen molar-refractivity contribution >= 4 is 5.97 Å². The number of carbonyl (C=O) groups is 1. The van der Waals surface area contributed by atoms with Crippen LogP contribution < -0.4 is 4.74 Å². The van der Waals surface area contributed by atoms with Gasteiger partial charge in [0.2, 0.25) is 0 Å². The molecule has 1 aliphatic heterocycles. The second-order valence-corrected chi connectivity index (χ2v) is 4.40. The SMILES string of the molecule is O=C(O)C1(c2c(F)ccc3c2OCC3)CC1. The van der Waals surface area contributed by atoms with Crippen LogP contribution in [0.25, 0.3) is 0 Å². The maximum absolute atomic E-state index is 13.8. The van der Waals surface area contributed by atoms with Crippen LogP contribution in [-0.4, -0.2) is 17.7 Å². The standard InChI is InChI=1S/C12H11FO3/c13-8-2-1-7-3-6-16-10(7)9(8)12(4-5-12)11(14)15/h1-2H,3-6H2,(H,14,15). The van der Waals surface area contributed by atoms with Crippen molar-refractivity contribution in [2.45, 2.75) is 24.7 Å². The lowest BCUT2D eigenvalue weighted by atomic mass is 9.92. The molecule has 1 N–H and O–H groups in total. The van der Waals surface area contributed by atoms with Gasteiger partial charge in [0.15, 0.2) is 0 Å². The van der Waals surface area contributed by atoms with Gasteiger partial charge in [-0.1, -0.05) is 6.07 Å². The Hall–Kier alpha value is -1.58. The average molecular weight is 222 g/mol. The molecule has 1 heterocycles. The zero-order valence-electron chi connectivity index (χ0n) is 8.62. The maximum Gasteiger partial charge on any atom is 0.314 e. The molecule has 0 unspecified atom stereocenters. The van der Waals surface area contributed by atoms with Gasteiger partial charge in [-0.05, 0) is 24.5 Å². The summed E-state index contributed by atoms with van der Waals surface area (Å²) in [5.41, 5.74) is 0.152. The Morgan fingerprint density at radius 1 is 1.44 bits per heavy atom. The predicted octanol–water partition coefficient (Wildman–Crippen LogP) is 1.88. The number of fused-ring (bicyclic) bond motifs is 1. The fourth-order valence-corrected chi connectivity index (χ4v) is 2.37. The van der Waals surface area contributed by atoms with E-state index in [2.05, 4.69) is 0 Å². The Morgan fingerprint density at radius 3 is 2.81 bits per heavy atom. The first-order valence-electron chi connectivity index (χ1n) is 5.33. The minimum absolute atomic E-state index is 0.259. The molecular formula is C12H11FO3. The highest BCUT2D eigenvalue weighted by Gasteiger charge is 2.55. The molecule has 84 valence electrons. The molecule has 0 amide bonds. The number of aliphatic carboxylic acids is 1. The second-order valence-electron chi connectivity index (χ2n) is 4.40. The van der Waals surface area contributed by atoms with E-state index in [9.17, 15) is 14.3 Å². The first-order chi connectivity index (χ1) is 7.65. The predicted molar refractivity (Wildman–Crippen MR) is 54.1 cm³/mol. The van der Waals surface area contributed by atoms with Gasteiger partial charge in [0, 0.05) is 12.0 Å². The van der Waals surface area contributed by atoms with Gasteiger partial charge in [-0.3, -0.25) is 4.79 Å². The number of benzene rings is 1. The lowest BCUT2D eigenvalue weighted by Gasteiger charge is -2.15. The summed E-state index contributed by atoms with van der Waals surface area (Å²) in [7, 11) is 0. The number of hydrogen-bond acceptors (Lipinski definition) is 2. The normalized spacial score (nSPS) is 20.1. The van der Waals surface area contributed by atoms with E-state index in [0.29, 0.717) is 25.2 Å². The van der Waals surface area contributed by atoms with Crippen molar-refractivity contribution < 1.29 is 19.0 Å². The molecule has 4 heteroatoms. The summed E-state index contributed by atoms with van der Waals surface area (Å²) in [6.45, 7) is 0.515. The van der Waals surface area contributed by atoms with Gasteiger partial charge in [0.1, 0.15) is 11.6 Å². The zero-order valence-corrected chi connectivity index (χ0v) is 8.62. The highest BCUT2D eigenvalue weighted by Crippen LogP contribution is 2.54. The molecule has 1 saturated carbocycles. The van der Waals surface area contributed by atoms with Crippen LogP contribution in [0.5, 0.6) is 5.75 Å². The molecule has 0 bridgehead atoms. The summed E-state index contributed by atoms with van der Waals surface area (Å²) in [5, 5.41) is 9.19. The molecule has 0 saturated heterocycles. The molecule has 1 aliphatic carbocycles. The van der Waals surface area contributed by atoms with E-state index in [4.69, 9.17) is 4.74 Å². The molecule has 2 aliphatic rings. The van der Waals surface area contributed by atoms with E-state index in [0.717, 1.165) is 12.0 Å². The minimum atomic E-state index is -1.03. The Balaban J connectivity index is 2.21. The van der Waals surface area contributed by atoms with Crippen molar-refractivity contribution in [3.05, 3.63) is 29.1 Å². The van der Waals surface area contributed by atoms with Crippen LogP contribution in [0.1, 0.15) is 24.0 Å². The molecule has 1 fully saturated rings. The number of ether oxygens (including phenoxy) is 1. The Bertz CT molecular complexity index is 477. The molecular weight excluding hydrogens is 211 g/mol. The van der Waals surface area contributed by atoms with E-state index < -0.39 is 17.2 Å². The molecule has 16 heavy (non-hydrogen) atoms. The highest BCUT2D eigenvalue weighted by molar-refractivity contribution is 5.86. The lowest BCUT2D eigenvalue weighted by molar-refractivity contribution is -0.140. The molecule has 3 rings (SSSR count). The summed E-state index contributed by atoms with van der Waals surface area (Å²) in [6, 6.07) is 3.03. The smallest absolute Gasteiger partial charge is 0.314 e. The van der Waals surface area contributed by atoms with Crippen LogP contribution in [-0.2, 0) is 16.6 Å². The van der Waals surface area contributed by atoms with Crippen molar-refractivity contribution in [1.82, 2.24) is 0 Å². The summed E-state index contributed by atoms with van der Waals surface area (Å²) < 4.78 is 19.2. The van der Waals surface area contributed by atoms with Gasteiger partial charge in [-0.15, -0.1) is 0 Å². The van der Waals surface area contributed by atoms with Gasteiger partial charge in [0.25, 0.3) is 0 Å². The van der Waals surface area contributed by atoms with Crippen LogP contribution in [0.3, 0.4) is 0 Å². The van der Waals surface area contributed by atoms with Gasteiger partial charge in [0.05, 0.1) is 12.0 Å². The van der Waals surface area contributed by atoms with Crippen LogP contribution >= 0.6 is 0 Å². The highest BCUT2D eigenvalue weighted by atomic mass is 19.1. The lowest BCUT2D eigenvalue weighted by Crippen LogP contribution is -2.21. The summed E-state index contributed by atoms with van der Waals surface area (Å²) in [5.74, 6) is -0.934. The van der Waals surface area contributed by atoms with Crippen LogP contribution in [0.15, 0.2) is 12.1 Å². The molecule has 3 nitrogen and oxygen atoms in total. The van der Waals surface area contributed by atoms with E-state index in [1.54, 1.807) is 6.07 Å². The van der Waals surface area contributed by atoms with Gasteiger partial charge in [-0.25, -0.2) is 4.39 Å². The average Bonchev–Trinajstić information content (AvgIpc) is 2.90. The topological polar surface area (TPSA) is 46.5 Å². The molecule has 0 spiro atoms. The third kappa shape index (κ3) is 1.10. The van der Waals surface area contributed by atoms with Crippen molar-refractivity contribution in [3.8, 4) is 5.75 Å². The molecule has 0 radical (unpaired) electrons. The number of rotatable bonds is 2. The van der Waals surface area contributed by atoms with E-state index >= 15 is 0 Å². The van der Waals surface area contributed by atoms with Gasteiger partial charge in [-0.2, -0.15) is 0 Å². The van der Waals surface area contributed by atoms with E-state index in [-0.39, 0.29) is 5.56 Å². The fraction of sp³-hybridized carbons (Fsp3) is 0.417. The van der Waals surface area contributed by atoms with Crippen molar-refractivity contribution in [3.63, 3.8) is 0 Å². The Morgan fingerprint density at radius 2 is 2.19 bits per heavy atom. The fourth-order valence-electron chi connectivity index (χ4n) is 2.37. The minimum Gasteiger partial charge on any atom is -0.493 e. The van der Waals surface area contributed by atoms with Crippen molar-refractivity contribution in [1.29, 1.82) is 0 Å². The summed E-state index contributed by atoms with van der Waals surface area (Å²) in [4.78, 5) is 11.2. The Labute approximate surface area is 91.8 Å². The number of halogens is 1. The van der Waals surface area contributed by atoms with Crippen molar-refractivity contribution in [2.24, 2.45) is 0 Å². The second kappa shape index (κ2) is 2.97. The molecule has 0 aromatic heterocycles. The van der Waals surface area contributed by atoms with Crippen LogP contribution in [0.4, 0.5) is 4.39 Å². The third-order valence-electron chi connectivity index (χ3n) is 3.44. The Kier molecular flexibility index (Phi) is 1.79.